The maximum Gasteiger partial charge on any atom is 0.292 e. The SMILES string of the molecule is COc1cc(C(=O)N2CCN(c3ccccc3[N+](=O)[O-])CC2)cc(OC)c1OC. The van der Waals surface area contributed by atoms with Gasteiger partial charge >= 0.3 is 0 Å². The molecular formula is C20H23N3O6. The van der Waals surface area contributed by atoms with Crippen molar-refractivity contribution in [1.82, 2.24) is 4.90 Å². The van der Waals surface area contributed by atoms with Crippen LogP contribution in [0, 0.1) is 10.1 Å². The summed E-state index contributed by atoms with van der Waals surface area (Å²) in [4.78, 5) is 27.5. The number of para-hydroxylation sites is 2. The minimum Gasteiger partial charge on any atom is -0.493 e. The van der Waals surface area contributed by atoms with Crippen molar-refractivity contribution in [2.24, 2.45) is 0 Å². The molecule has 1 heterocycles. The summed E-state index contributed by atoms with van der Waals surface area (Å²) in [5.74, 6) is 1.08. The molecule has 1 fully saturated rings. The average Bonchev–Trinajstić information content (AvgIpc) is 2.77. The van der Waals surface area contributed by atoms with Gasteiger partial charge in [-0.15, -0.1) is 0 Å². The minimum absolute atomic E-state index is 0.0666. The number of hydrogen-bond donors (Lipinski definition) is 0. The molecule has 2 aromatic carbocycles. The van der Waals surface area contributed by atoms with Gasteiger partial charge in [0.05, 0.1) is 26.3 Å². The zero-order valence-electron chi connectivity index (χ0n) is 16.6. The topological polar surface area (TPSA) is 94.4 Å². The molecule has 0 aliphatic carbocycles. The fourth-order valence-electron chi connectivity index (χ4n) is 3.42. The molecule has 3 rings (SSSR count). The highest BCUT2D eigenvalue weighted by atomic mass is 16.6. The van der Waals surface area contributed by atoms with E-state index in [0.29, 0.717) is 54.7 Å². The van der Waals surface area contributed by atoms with Gasteiger partial charge in [-0.25, -0.2) is 0 Å². The number of anilines is 1. The molecule has 0 bridgehead atoms. The summed E-state index contributed by atoms with van der Waals surface area (Å²) in [6.45, 7) is 1.89. The van der Waals surface area contributed by atoms with E-state index in [2.05, 4.69) is 0 Å². The number of amides is 1. The summed E-state index contributed by atoms with van der Waals surface area (Å²) in [5.41, 5.74) is 1.06. The predicted molar refractivity (Wildman–Crippen MR) is 107 cm³/mol. The molecule has 0 radical (unpaired) electrons. The van der Waals surface area contributed by atoms with Crippen LogP contribution in [0.25, 0.3) is 0 Å². The summed E-state index contributed by atoms with van der Waals surface area (Å²) in [6.07, 6.45) is 0. The van der Waals surface area contributed by atoms with E-state index < -0.39 is 0 Å². The van der Waals surface area contributed by atoms with Crippen LogP contribution in [-0.2, 0) is 0 Å². The molecule has 0 aromatic heterocycles. The Hall–Kier alpha value is -3.49. The van der Waals surface area contributed by atoms with E-state index in [-0.39, 0.29) is 16.5 Å². The summed E-state index contributed by atoms with van der Waals surface area (Å²) in [6, 6.07) is 9.88. The molecule has 9 nitrogen and oxygen atoms in total. The van der Waals surface area contributed by atoms with Crippen LogP contribution in [0.5, 0.6) is 17.2 Å². The number of benzene rings is 2. The Morgan fingerprint density at radius 2 is 1.55 bits per heavy atom. The van der Waals surface area contributed by atoms with E-state index in [1.54, 1.807) is 35.2 Å². The van der Waals surface area contributed by atoms with Crippen molar-refractivity contribution in [3.63, 3.8) is 0 Å². The minimum atomic E-state index is -0.386. The molecule has 154 valence electrons. The molecule has 1 amide bonds. The first-order valence-corrected chi connectivity index (χ1v) is 9.07. The van der Waals surface area contributed by atoms with Crippen LogP contribution in [0.15, 0.2) is 36.4 Å². The van der Waals surface area contributed by atoms with Gasteiger partial charge in [0.2, 0.25) is 5.75 Å². The van der Waals surface area contributed by atoms with Crippen molar-refractivity contribution < 1.29 is 23.9 Å². The van der Waals surface area contributed by atoms with Crippen LogP contribution < -0.4 is 19.1 Å². The first-order chi connectivity index (χ1) is 14.0. The largest absolute Gasteiger partial charge is 0.493 e. The summed E-state index contributed by atoms with van der Waals surface area (Å²) in [5, 5.41) is 11.3. The van der Waals surface area contributed by atoms with Crippen molar-refractivity contribution >= 4 is 17.3 Å². The Balaban J connectivity index is 1.76. The van der Waals surface area contributed by atoms with Crippen LogP contribution >= 0.6 is 0 Å². The number of ether oxygens (including phenoxy) is 3. The Bertz CT molecular complexity index is 884. The number of nitrogens with zero attached hydrogens (tertiary/aromatic N) is 3. The molecule has 1 aliphatic rings. The van der Waals surface area contributed by atoms with Gasteiger partial charge < -0.3 is 24.0 Å². The molecule has 29 heavy (non-hydrogen) atoms. The lowest BCUT2D eigenvalue weighted by molar-refractivity contribution is -0.384. The summed E-state index contributed by atoms with van der Waals surface area (Å²) in [7, 11) is 4.50. The van der Waals surface area contributed by atoms with E-state index in [0.717, 1.165) is 0 Å². The fourth-order valence-corrected chi connectivity index (χ4v) is 3.42. The van der Waals surface area contributed by atoms with Gasteiger partial charge in [0.15, 0.2) is 11.5 Å². The quantitative estimate of drug-likeness (QED) is 0.542. The number of piperazine rings is 1. The van der Waals surface area contributed by atoms with Gasteiger partial charge in [0.1, 0.15) is 5.69 Å². The zero-order chi connectivity index (χ0) is 21.0. The molecule has 0 spiro atoms. The van der Waals surface area contributed by atoms with Crippen LogP contribution in [0.4, 0.5) is 11.4 Å². The highest BCUT2D eigenvalue weighted by Gasteiger charge is 2.27. The molecule has 0 unspecified atom stereocenters. The van der Waals surface area contributed by atoms with E-state index >= 15 is 0 Å². The van der Waals surface area contributed by atoms with Gasteiger partial charge in [-0.2, -0.15) is 0 Å². The number of carbonyl (C=O) groups is 1. The smallest absolute Gasteiger partial charge is 0.292 e. The first-order valence-electron chi connectivity index (χ1n) is 9.07. The van der Waals surface area contributed by atoms with Crippen LogP contribution in [0.2, 0.25) is 0 Å². The number of methoxy groups -OCH3 is 3. The Morgan fingerprint density at radius 1 is 0.966 bits per heavy atom. The van der Waals surface area contributed by atoms with Crippen LogP contribution in [0.1, 0.15) is 10.4 Å². The third-order valence-corrected chi connectivity index (χ3v) is 4.90. The summed E-state index contributed by atoms with van der Waals surface area (Å²) < 4.78 is 15.9. The zero-order valence-corrected chi connectivity index (χ0v) is 16.6. The third kappa shape index (κ3) is 4.03. The summed E-state index contributed by atoms with van der Waals surface area (Å²) >= 11 is 0. The maximum absolute atomic E-state index is 13.0. The molecule has 1 aliphatic heterocycles. The first kappa shape index (κ1) is 20.2. The lowest BCUT2D eigenvalue weighted by atomic mass is 10.1. The van der Waals surface area contributed by atoms with Crippen molar-refractivity contribution in [2.45, 2.75) is 0 Å². The normalized spacial score (nSPS) is 13.8. The number of nitro benzene ring substituents is 1. The van der Waals surface area contributed by atoms with Crippen LogP contribution in [-0.4, -0.2) is 63.2 Å². The monoisotopic (exact) mass is 401 g/mol. The van der Waals surface area contributed by atoms with E-state index in [1.807, 2.05) is 4.90 Å². The Labute approximate surface area is 168 Å². The molecule has 0 atom stereocenters. The number of hydrogen-bond acceptors (Lipinski definition) is 7. The van der Waals surface area contributed by atoms with Gasteiger partial charge in [0.25, 0.3) is 11.6 Å². The second-order valence-electron chi connectivity index (χ2n) is 6.44. The maximum atomic E-state index is 13.0. The Morgan fingerprint density at radius 3 is 2.07 bits per heavy atom. The van der Waals surface area contributed by atoms with Crippen molar-refractivity contribution in [1.29, 1.82) is 0 Å². The van der Waals surface area contributed by atoms with Crippen LogP contribution in [0.3, 0.4) is 0 Å². The predicted octanol–water partition coefficient (Wildman–Crippen LogP) is 2.58. The molecule has 2 aromatic rings. The highest BCUT2D eigenvalue weighted by Crippen LogP contribution is 2.38. The van der Waals surface area contributed by atoms with E-state index in [9.17, 15) is 14.9 Å². The molecular weight excluding hydrogens is 378 g/mol. The van der Waals surface area contributed by atoms with Gasteiger partial charge in [-0.3, -0.25) is 14.9 Å². The van der Waals surface area contributed by atoms with Crippen molar-refractivity contribution in [3.05, 3.63) is 52.1 Å². The molecule has 9 heteroatoms. The average molecular weight is 401 g/mol. The Kier molecular flexibility index (Phi) is 6.06. The standard InChI is InChI=1S/C20H23N3O6/c1-27-17-12-14(13-18(28-2)19(17)29-3)20(24)22-10-8-21(9-11-22)15-6-4-5-7-16(15)23(25)26/h4-7,12-13H,8-11H2,1-3H3. The number of rotatable bonds is 6. The second kappa shape index (κ2) is 8.68. The van der Waals surface area contributed by atoms with E-state index in [4.69, 9.17) is 14.2 Å². The molecule has 1 saturated heterocycles. The highest BCUT2D eigenvalue weighted by molar-refractivity contribution is 5.96. The molecule has 0 saturated carbocycles. The van der Waals surface area contributed by atoms with Gasteiger partial charge in [0, 0.05) is 37.8 Å². The van der Waals surface area contributed by atoms with E-state index in [1.165, 1.54) is 27.4 Å². The number of nitro groups is 1. The lowest BCUT2D eigenvalue weighted by Gasteiger charge is -2.36. The second-order valence-corrected chi connectivity index (χ2v) is 6.44. The number of carbonyl (C=O) groups excluding carboxylic acids is 1. The fraction of sp³-hybridized carbons (Fsp3) is 0.350. The van der Waals surface area contributed by atoms with Gasteiger partial charge in [-0.1, -0.05) is 12.1 Å². The third-order valence-electron chi connectivity index (χ3n) is 4.90. The van der Waals surface area contributed by atoms with Crippen molar-refractivity contribution in [2.75, 3.05) is 52.4 Å². The van der Waals surface area contributed by atoms with Gasteiger partial charge in [-0.05, 0) is 18.2 Å². The van der Waals surface area contributed by atoms with Crippen molar-refractivity contribution in [3.8, 4) is 17.2 Å². The molecule has 0 N–H and O–H groups in total. The lowest BCUT2D eigenvalue weighted by Crippen LogP contribution is -2.49.